The topological polar surface area (TPSA) is 92.9 Å². The fourth-order valence-electron chi connectivity index (χ4n) is 5.52. The number of piperidine rings is 1. The molecule has 1 aliphatic carbocycles. The highest BCUT2D eigenvalue weighted by Crippen LogP contribution is 2.32. The Labute approximate surface area is 210 Å². The summed E-state index contributed by atoms with van der Waals surface area (Å²) in [7, 11) is -1.26. The summed E-state index contributed by atoms with van der Waals surface area (Å²) in [5, 5.41) is 0. The van der Waals surface area contributed by atoms with Crippen LogP contribution >= 0.6 is 0 Å². The van der Waals surface area contributed by atoms with Gasteiger partial charge in [-0.3, -0.25) is 19.3 Å². The van der Waals surface area contributed by atoms with Crippen LogP contribution in [-0.2, 0) is 27.3 Å². The summed E-state index contributed by atoms with van der Waals surface area (Å²) in [6, 6.07) is 6.67. The number of amides is 3. The number of rotatable bonds is 8. The zero-order chi connectivity index (χ0) is 25.2. The average Bonchev–Trinajstić information content (AvgIpc) is 2.97. The Morgan fingerprint density at radius 1 is 1.06 bits per heavy atom. The van der Waals surface area contributed by atoms with Crippen LogP contribution in [0, 0.1) is 5.92 Å². The van der Waals surface area contributed by atoms with Crippen molar-refractivity contribution >= 4 is 25.8 Å². The van der Waals surface area contributed by atoms with Crippen LogP contribution in [0.25, 0.3) is 0 Å². The SMILES string of the molecule is C[Si](C)(C)CCOCN1C(=O)CCC(N2Cc3cc(C[C@H]4CCCCC[C@@H]4N)ccc3C2=O)C1=O. The Morgan fingerprint density at radius 2 is 1.83 bits per heavy atom. The Hall–Kier alpha value is -2.03. The summed E-state index contributed by atoms with van der Waals surface area (Å²) >= 11 is 0. The molecule has 1 saturated carbocycles. The van der Waals surface area contributed by atoms with Crippen LogP contribution in [0.4, 0.5) is 0 Å². The van der Waals surface area contributed by atoms with E-state index in [2.05, 4.69) is 25.7 Å². The highest BCUT2D eigenvalue weighted by Gasteiger charge is 2.42. The monoisotopic (exact) mass is 499 g/mol. The summed E-state index contributed by atoms with van der Waals surface area (Å²) in [5.41, 5.74) is 9.29. The van der Waals surface area contributed by atoms with E-state index in [0.29, 0.717) is 31.1 Å². The molecule has 1 saturated heterocycles. The van der Waals surface area contributed by atoms with Gasteiger partial charge in [0.25, 0.3) is 11.8 Å². The number of hydrogen-bond donors (Lipinski definition) is 1. The third-order valence-electron chi connectivity index (χ3n) is 7.79. The lowest BCUT2D eigenvalue weighted by Crippen LogP contribution is -2.55. The Morgan fingerprint density at radius 3 is 2.60 bits per heavy atom. The van der Waals surface area contributed by atoms with Crippen LogP contribution < -0.4 is 5.73 Å². The molecule has 1 aromatic carbocycles. The first-order chi connectivity index (χ1) is 16.6. The molecule has 35 heavy (non-hydrogen) atoms. The van der Waals surface area contributed by atoms with E-state index in [9.17, 15) is 14.4 Å². The minimum atomic E-state index is -1.26. The first kappa shape index (κ1) is 26.0. The second-order valence-electron chi connectivity index (χ2n) is 11.8. The molecule has 1 aromatic rings. The van der Waals surface area contributed by atoms with E-state index in [1.807, 2.05) is 12.1 Å². The quantitative estimate of drug-likeness (QED) is 0.253. The Kier molecular flexibility index (Phi) is 8.13. The van der Waals surface area contributed by atoms with Crippen molar-refractivity contribution < 1.29 is 19.1 Å². The zero-order valence-corrected chi connectivity index (χ0v) is 22.6. The second-order valence-corrected chi connectivity index (χ2v) is 17.4. The summed E-state index contributed by atoms with van der Waals surface area (Å²) < 4.78 is 5.70. The van der Waals surface area contributed by atoms with Gasteiger partial charge in [-0.05, 0) is 54.8 Å². The number of carbonyl (C=O) groups excluding carboxylic acids is 3. The van der Waals surface area contributed by atoms with Gasteiger partial charge >= 0.3 is 0 Å². The molecule has 0 bridgehead atoms. The summed E-state index contributed by atoms with van der Waals surface area (Å²) in [6.07, 6.45) is 7.50. The van der Waals surface area contributed by atoms with E-state index in [1.165, 1.54) is 29.7 Å². The van der Waals surface area contributed by atoms with Crippen LogP contribution in [0.2, 0.25) is 25.7 Å². The fraction of sp³-hybridized carbons (Fsp3) is 0.667. The molecule has 8 heteroatoms. The molecule has 2 heterocycles. The summed E-state index contributed by atoms with van der Waals surface area (Å²) in [6.45, 7) is 7.70. The van der Waals surface area contributed by atoms with Gasteiger partial charge in [0.2, 0.25) is 5.91 Å². The molecule has 2 fully saturated rings. The summed E-state index contributed by atoms with van der Waals surface area (Å²) in [5.74, 6) is -0.181. The van der Waals surface area contributed by atoms with Gasteiger partial charge in [0, 0.05) is 39.3 Å². The zero-order valence-electron chi connectivity index (χ0n) is 21.6. The van der Waals surface area contributed by atoms with Gasteiger partial charge in [-0.15, -0.1) is 0 Å². The number of ether oxygens (including phenoxy) is 1. The number of hydrogen-bond acceptors (Lipinski definition) is 5. The molecular weight excluding hydrogens is 458 g/mol. The van der Waals surface area contributed by atoms with Gasteiger partial charge in [0.1, 0.15) is 12.8 Å². The predicted octanol–water partition coefficient (Wildman–Crippen LogP) is 3.92. The minimum Gasteiger partial charge on any atom is -0.361 e. The lowest BCUT2D eigenvalue weighted by molar-refractivity contribution is -0.158. The molecule has 3 aliphatic rings. The third kappa shape index (κ3) is 6.21. The van der Waals surface area contributed by atoms with Crippen LogP contribution in [0.3, 0.4) is 0 Å². The first-order valence-corrected chi connectivity index (χ1v) is 16.9. The highest BCUT2D eigenvalue weighted by atomic mass is 28.3. The van der Waals surface area contributed by atoms with Gasteiger partial charge in [0.15, 0.2) is 0 Å². The van der Waals surface area contributed by atoms with Crippen LogP contribution in [-0.4, -0.2) is 61.0 Å². The van der Waals surface area contributed by atoms with E-state index in [1.54, 1.807) is 4.90 Å². The van der Waals surface area contributed by atoms with Crippen molar-refractivity contribution in [2.45, 2.75) is 95.7 Å². The first-order valence-electron chi connectivity index (χ1n) is 13.2. The van der Waals surface area contributed by atoms with Crippen molar-refractivity contribution in [2.75, 3.05) is 13.3 Å². The molecular formula is C27H41N3O4Si. The van der Waals surface area contributed by atoms with E-state index >= 15 is 0 Å². The van der Waals surface area contributed by atoms with Crippen molar-refractivity contribution in [1.82, 2.24) is 9.80 Å². The fourth-order valence-corrected chi connectivity index (χ4v) is 6.28. The standard InChI is InChI=1S/C27H41N3O4Si/c1-35(2,3)14-13-34-18-30-25(31)12-11-24(27(30)33)29-17-21-16-19(9-10-22(21)26(29)32)15-20-7-5-4-6-8-23(20)28/h9-10,16,20,23-24H,4-8,11-15,17-18,28H2,1-3H3/t20-,23+,24?/m1/s1. The number of nitrogens with zero attached hydrogens (tertiary/aromatic N) is 2. The molecule has 1 unspecified atom stereocenters. The number of carbonyl (C=O) groups is 3. The van der Waals surface area contributed by atoms with Crippen LogP contribution in [0.15, 0.2) is 18.2 Å². The number of likely N-dealkylation sites (tertiary alicyclic amines) is 1. The van der Waals surface area contributed by atoms with E-state index < -0.39 is 14.1 Å². The lowest BCUT2D eigenvalue weighted by atomic mass is 9.88. The molecule has 0 radical (unpaired) electrons. The van der Waals surface area contributed by atoms with Gasteiger partial charge in [-0.2, -0.15) is 0 Å². The van der Waals surface area contributed by atoms with Gasteiger partial charge in [0.05, 0.1) is 0 Å². The maximum atomic E-state index is 13.2. The van der Waals surface area contributed by atoms with Crippen molar-refractivity contribution in [3.05, 3.63) is 34.9 Å². The molecule has 0 aromatic heterocycles. The number of benzene rings is 1. The van der Waals surface area contributed by atoms with E-state index in [4.69, 9.17) is 10.5 Å². The average molecular weight is 500 g/mol. The predicted molar refractivity (Wildman–Crippen MR) is 138 cm³/mol. The molecule has 2 aliphatic heterocycles. The second kappa shape index (κ2) is 10.9. The van der Waals surface area contributed by atoms with Crippen LogP contribution in [0.1, 0.15) is 66.4 Å². The number of nitrogens with two attached hydrogens (primary N) is 1. The van der Waals surface area contributed by atoms with Crippen molar-refractivity contribution in [1.29, 1.82) is 0 Å². The highest BCUT2D eigenvalue weighted by molar-refractivity contribution is 6.76. The number of fused-ring (bicyclic) bond motifs is 1. The van der Waals surface area contributed by atoms with Crippen molar-refractivity contribution in [3.63, 3.8) is 0 Å². The lowest BCUT2D eigenvalue weighted by Gasteiger charge is -2.35. The maximum absolute atomic E-state index is 13.2. The minimum absolute atomic E-state index is 0.0284. The van der Waals surface area contributed by atoms with Crippen molar-refractivity contribution in [3.8, 4) is 0 Å². The molecule has 3 amide bonds. The molecule has 4 rings (SSSR count). The molecule has 192 valence electrons. The van der Waals surface area contributed by atoms with Gasteiger partial charge in [-0.1, -0.05) is 51.0 Å². The smallest absolute Gasteiger partial charge is 0.255 e. The van der Waals surface area contributed by atoms with Gasteiger partial charge in [-0.25, -0.2) is 0 Å². The van der Waals surface area contributed by atoms with E-state index in [0.717, 1.165) is 30.9 Å². The van der Waals surface area contributed by atoms with Crippen LogP contribution in [0.5, 0.6) is 0 Å². The van der Waals surface area contributed by atoms with E-state index in [-0.39, 0.29) is 36.9 Å². The summed E-state index contributed by atoms with van der Waals surface area (Å²) in [4.78, 5) is 41.8. The largest absolute Gasteiger partial charge is 0.361 e. The van der Waals surface area contributed by atoms with Gasteiger partial charge < -0.3 is 15.4 Å². The Bertz CT molecular complexity index is 960. The van der Waals surface area contributed by atoms with Crippen molar-refractivity contribution in [2.24, 2.45) is 11.7 Å². The third-order valence-corrected chi connectivity index (χ3v) is 9.50. The molecule has 3 atom stereocenters. The molecule has 0 spiro atoms. The normalized spacial score (nSPS) is 25.7. The molecule has 7 nitrogen and oxygen atoms in total. The number of imide groups is 1. The Balaban J connectivity index is 1.40. The maximum Gasteiger partial charge on any atom is 0.255 e. The molecule has 2 N–H and O–H groups in total.